The summed E-state index contributed by atoms with van der Waals surface area (Å²) in [5.41, 5.74) is -0.511. The predicted octanol–water partition coefficient (Wildman–Crippen LogP) is 0.862. The van der Waals surface area contributed by atoms with Crippen molar-refractivity contribution >= 4 is 6.09 Å². The van der Waals surface area contributed by atoms with Crippen LogP contribution in [0, 0.1) is 11.3 Å². The van der Waals surface area contributed by atoms with E-state index in [-0.39, 0.29) is 24.0 Å². The van der Waals surface area contributed by atoms with Crippen LogP contribution >= 0.6 is 0 Å². The molecule has 2 aliphatic heterocycles. The zero-order chi connectivity index (χ0) is 12.7. The molecule has 0 unspecified atom stereocenters. The summed E-state index contributed by atoms with van der Waals surface area (Å²) in [5.74, 6) is 0.115. The number of rotatable bonds is 1. The highest BCUT2D eigenvalue weighted by Gasteiger charge is 2.53. The molecule has 0 aromatic heterocycles. The highest BCUT2D eigenvalue weighted by Crippen LogP contribution is 2.42. The SMILES string of the molecule is CC(C)(C)OC(=O)N1C[C@H](CO)C2(COC2)C1. The maximum Gasteiger partial charge on any atom is 0.410 e. The summed E-state index contributed by atoms with van der Waals surface area (Å²) in [6, 6.07) is 0. The number of aliphatic hydroxyl groups is 1. The van der Waals surface area contributed by atoms with Crippen LogP contribution in [0.3, 0.4) is 0 Å². The predicted molar refractivity (Wildman–Crippen MR) is 61.6 cm³/mol. The Morgan fingerprint density at radius 2 is 2.18 bits per heavy atom. The van der Waals surface area contributed by atoms with Crippen molar-refractivity contribution in [2.75, 3.05) is 32.9 Å². The van der Waals surface area contributed by atoms with Crippen molar-refractivity contribution in [3.8, 4) is 0 Å². The molecule has 0 aromatic rings. The zero-order valence-corrected chi connectivity index (χ0v) is 10.7. The fourth-order valence-corrected chi connectivity index (χ4v) is 2.44. The Morgan fingerprint density at radius 1 is 1.53 bits per heavy atom. The lowest BCUT2D eigenvalue weighted by Gasteiger charge is -2.41. The lowest BCUT2D eigenvalue weighted by Crippen LogP contribution is -2.50. The number of carbonyl (C=O) groups excluding carboxylic acids is 1. The molecule has 1 atom stereocenters. The van der Waals surface area contributed by atoms with Crippen LogP contribution in [-0.4, -0.2) is 54.6 Å². The van der Waals surface area contributed by atoms with Crippen molar-refractivity contribution < 1.29 is 19.4 Å². The summed E-state index contributed by atoms with van der Waals surface area (Å²) in [6.45, 7) is 8.13. The molecule has 1 spiro atoms. The van der Waals surface area contributed by atoms with Crippen LogP contribution in [0.2, 0.25) is 0 Å². The summed E-state index contributed by atoms with van der Waals surface area (Å²) in [5, 5.41) is 9.36. The Kier molecular flexibility index (Phi) is 3.08. The van der Waals surface area contributed by atoms with Crippen LogP contribution < -0.4 is 0 Å². The normalized spacial score (nSPS) is 27.1. The van der Waals surface area contributed by atoms with Crippen molar-refractivity contribution in [1.82, 2.24) is 4.90 Å². The maximum absolute atomic E-state index is 11.9. The van der Waals surface area contributed by atoms with Crippen LogP contribution in [0.4, 0.5) is 4.79 Å². The molecule has 2 aliphatic rings. The van der Waals surface area contributed by atoms with Gasteiger partial charge in [-0.1, -0.05) is 0 Å². The third-order valence-electron chi connectivity index (χ3n) is 3.46. The van der Waals surface area contributed by atoms with Crippen LogP contribution in [0.25, 0.3) is 0 Å². The van der Waals surface area contributed by atoms with Crippen molar-refractivity contribution in [1.29, 1.82) is 0 Å². The summed E-state index contributed by atoms with van der Waals surface area (Å²) < 4.78 is 10.6. The van der Waals surface area contributed by atoms with E-state index in [1.165, 1.54) is 0 Å². The highest BCUT2D eigenvalue weighted by atomic mass is 16.6. The van der Waals surface area contributed by atoms with Gasteiger partial charge in [0, 0.05) is 31.0 Å². The molecule has 0 aromatic carbocycles. The average Bonchev–Trinajstić information content (AvgIpc) is 2.53. The van der Waals surface area contributed by atoms with Gasteiger partial charge >= 0.3 is 6.09 Å². The number of carbonyl (C=O) groups is 1. The molecule has 17 heavy (non-hydrogen) atoms. The summed E-state index contributed by atoms with van der Waals surface area (Å²) >= 11 is 0. The lowest BCUT2D eigenvalue weighted by atomic mass is 9.77. The Labute approximate surface area is 102 Å². The van der Waals surface area contributed by atoms with E-state index in [9.17, 15) is 9.90 Å². The Hall–Kier alpha value is -0.810. The fraction of sp³-hybridized carbons (Fsp3) is 0.917. The third-order valence-corrected chi connectivity index (χ3v) is 3.46. The quantitative estimate of drug-likeness (QED) is 0.742. The molecule has 2 fully saturated rings. The van der Waals surface area contributed by atoms with Crippen molar-refractivity contribution in [2.24, 2.45) is 11.3 Å². The van der Waals surface area contributed by atoms with Crippen LogP contribution in [0.5, 0.6) is 0 Å². The van der Waals surface area contributed by atoms with Gasteiger partial charge in [0.1, 0.15) is 5.60 Å². The zero-order valence-electron chi connectivity index (χ0n) is 10.7. The molecule has 5 heteroatoms. The number of aliphatic hydroxyl groups excluding tert-OH is 1. The topological polar surface area (TPSA) is 59.0 Å². The molecule has 0 saturated carbocycles. The largest absolute Gasteiger partial charge is 0.444 e. The van der Waals surface area contributed by atoms with Gasteiger partial charge in [0.2, 0.25) is 0 Å². The summed E-state index contributed by atoms with van der Waals surface area (Å²) in [7, 11) is 0. The van der Waals surface area contributed by atoms with Gasteiger partial charge in [0.25, 0.3) is 0 Å². The summed E-state index contributed by atoms with van der Waals surface area (Å²) in [6.07, 6.45) is -0.292. The van der Waals surface area contributed by atoms with E-state index in [4.69, 9.17) is 9.47 Å². The first kappa shape index (κ1) is 12.6. The number of nitrogens with zero attached hydrogens (tertiary/aromatic N) is 1. The van der Waals surface area contributed by atoms with Crippen LogP contribution in [0.15, 0.2) is 0 Å². The van der Waals surface area contributed by atoms with Gasteiger partial charge in [-0.2, -0.15) is 0 Å². The number of hydrogen-bond acceptors (Lipinski definition) is 4. The van der Waals surface area contributed by atoms with Crippen molar-refractivity contribution in [3.05, 3.63) is 0 Å². The molecule has 0 bridgehead atoms. The minimum Gasteiger partial charge on any atom is -0.444 e. The number of likely N-dealkylation sites (tertiary alicyclic amines) is 1. The monoisotopic (exact) mass is 243 g/mol. The van der Waals surface area contributed by atoms with E-state index in [2.05, 4.69) is 0 Å². The molecule has 98 valence electrons. The Morgan fingerprint density at radius 3 is 2.53 bits per heavy atom. The molecule has 1 amide bonds. The van der Waals surface area contributed by atoms with E-state index < -0.39 is 5.60 Å². The minimum absolute atomic E-state index is 0.0361. The van der Waals surface area contributed by atoms with E-state index in [0.717, 1.165) is 0 Å². The van der Waals surface area contributed by atoms with Gasteiger partial charge in [-0.25, -0.2) is 4.79 Å². The first-order valence-corrected chi connectivity index (χ1v) is 6.03. The van der Waals surface area contributed by atoms with Crippen LogP contribution in [0.1, 0.15) is 20.8 Å². The molecular formula is C12H21NO4. The van der Waals surface area contributed by atoms with Gasteiger partial charge in [-0.15, -0.1) is 0 Å². The molecule has 0 radical (unpaired) electrons. The second-order valence-electron chi connectivity index (χ2n) is 6.10. The fourth-order valence-electron chi connectivity index (χ4n) is 2.44. The number of amides is 1. The molecule has 0 aliphatic carbocycles. The Bertz CT molecular complexity index is 306. The number of ether oxygens (including phenoxy) is 2. The van der Waals surface area contributed by atoms with Gasteiger partial charge in [-0.3, -0.25) is 0 Å². The van der Waals surface area contributed by atoms with Gasteiger partial charge in [0.05, 0.1) is 13.2 Å². The standard InChI is InChI=1S/C12H21NO4/c1-11(2,3)17-10(15)13-4-9(5-14)12(6-13)7-16-8-12/h9,14H,4-8H2,1-3H3/t9-/m1/s1. The van der Waals surface area contributed by atoms with E-state index >= 15 is 0 Å². The molecule has 1 N–H and O–H groups in total. The van der Waals surface area contributed by atoms with Crippen molar-refractivity contribution in [3.63, 3.8) is 0 Å². The first-order valence-electron chi connectivity index (χ1n) is 6.03. The summed E-state index contributed by atoms with van der Waals surface area (Å²) in [4.78, 5) is 13.6. The van der Waals surface area contributed by atoms with Gasteiger partial charge in [0.15, 0.2) is 0 Å². The van der Waals surface area contributed by atoms with Crippen molar-refractivity contribution in [2.45, 2.75) is 26.4 Å². The maximum atomic E-state index is 11.9. The molecule has 5 nitrogen and oxygen atoms in total. The Balaban J connectivity index is 1.98. The molecule has 2 heterocycles. The van der Waals surface area contributed by atoms with E-state index in [1.807, 2.05) is 20.8 Å². The lowest BCUT2D eigenvalue weighted by molar-refractivity contribution is -0.134. The van der Waals surface area contributed by atoms with E-state index in [0.29, 0.717) is 26.3 Å². The molecular weight excluding hydrogens is 222 g/mol. The molecule has 2 saturated heterocycles. The van der Waals surface area contributed by atoms with Gasteiger partial charge < -0.3 is 19.5 Å². The first-order chi connectivity index (χ1) is 7.86. The minimum atomic E-state index is -0.475. The second kappa shape index (κ2) is 4.14. The number of hydrogen-bond donors (Lipinski definition) is 1. The average molecular weight is 243 g/mol. The van der Waals surface area contributed by atoms with E-state index in [1.54, 1.807) is 4.90 Å². The molecule has 2 rings (SSSR count). The third kappa shape index (κ3) is 2.40. The van der Waals surface area contributed by atoms with Crippen LogP contribution in [-0.2, 0) is 9.47 Å². The smallest absolute Gasteiger partial charge is 0.410 e. The second-order valence-corrected chi connectivity index (χ2v) is 6.10. The highest BCUT2D eigenvalue weighted by molar-refractivity contribution is 5.68. The van der Waals surface area contributed by atoms with Gasteiger partial charge in [-0.05, 0) is 20.8 Å².